The second-order valence-electron chi connectivity index (χ2n) is 4.12. The molecule has 17 heavy (non-hydrogen) atoms. The number of rotatable bonds is 4. The van der Waals surface area contributed by atoms with E-state index in [1.807, 2.05) is 24.3 Å². The number of benzene rings is 1. The Labute approximate surface area is 101 Å². The van der Waals surface area contributed by atoms with Gasteiger partial charge >= 0.3 is 0 Å². The maximum Gasteiger partial charge on any atom is 0.123 e. The number of aryl methyl sites for hydroxylation is 1. The van der Waals surface area contributed by atoms with Gasteiger partial charge in [-0.1, -0.05) is 19.4 Å². The van der Waals surface area contributed by atoms with Crippen molar-refractivity contribution >= 4 is 0 Å². The Balaban J connectivity index is 2.39. The summed E-state index contributed by atoms with van der Waals surface area (Å²) in [5.74, 6) is -0.171. The van der Waals surface area contributed by atoms with Crippen molar-refractivity contribution in [2.45, 2.75) is 26.2 Å². The van der Waals surface area contributed by atoms with Gasteiger partial charge in [0, 0.05) is 11.8 Å². The van der Waals surface area contributed by atoms with Gasteiger partial charge in [0.1, 0.15) is 5.82 Å². The monoisotopic (exact) mass is 229 g/mol. The number of pyridine rings is 1. The van der Waals surface area contributed by atoms with Gasteiger partial charge in [0.2, 0.25) is 0 Å². The predicted molar refractivity (Wildman–Crippen MR) is 68.2 cm³/mol. The largest absolute Gasteiger partial charge is 0.256 e. The fourth-order valence-electron chi connectivity index (χ4n) is 1.91. The van der Waals surface area contributed by atoms with E-state index in [1.54, 1.807) is 12.3 Å². The van der Waals surface area contributed by atoms with Gasteiger partial charge in [-0.3, -0.25) is 4.98 Å². The molecule has 1 nitrogen and oxygen atoms in total. The molecule has 0 fully saturated rings. The average Bonchev–Trinajstić information content (AvgIpc) is 2.37. The lowest BCUT2D eigenvalue weighted by Gasteiger charge is -2.08. The van der Waals surface area contributed by atoms with Crippen LogP contribution in [0.4, 0.5) is 4.39 Å². The van der Waals surface area contributed by atoms with Gasteiger partial charge in [-0.15, -0.1) is 0 Å². The van der Waals surface area contributed by atoms with Crippen molar-refractivity contribution < 1.29 is 4.39 Å². The van der Waals surface area contributed by atoms with Gasteiger partial charge in [0.15, 0.2) is 0 Å². The van der Waals surface area contributed by atoms with Crippen molar-refractivity contribution in [2.24, 2.45) is 0 Å². The van der Waals surface area contributed by atoms with Crippen molar-refractivity contribution in [2.75, 3.05) is 0 Å². The number of aromatic nitrogens is 1. The summed E-state index contributed by atoms with van der Waals surface area (Å²) in [6, 6.07) is 10.7. The third kappa shape index (κ3) is 2.90. The molecule has 0 aliphatic rings. The van der Waals surface area contributed by atoms with Crippen molar-refractivity contribution in [1.82, 2.24) is 4.98 Å². The molecular weight excluding hydrogens is 213 g/mol. The van der Waals surface area contributed by atoms with E-state index in [0.717, 1.165) is 36.1 Å². The quantitative estimate of drug-likeness (QED) is 0.764. The molecule has 0 aliphatic carbocycles. The molecule has 2 aromatic rings. The maximum absolute atomic E-state index is 13.3. The predicted octanol–water partition coefficient (Wildman–Crippen LogP) is 4.23. The Kier molecular flexibility index (Phi) is 3.86. The number of halogens is 1. The fourth-order valence-corrected chi connectivity index (χ4v) is 1.91. The van der Waals surface area contributed by atoms with E-state index in [2.05, 4.69) is 11.9 Å². The molecule has 2 heteroatoms. The van der Waals surface area contributed by atoms with Crippen LogP contribution in [0.15, 0.2) is 42.6 Å². The van der Waals surface area contributed by atoms with Gasteiger partial charge in [-0.2, -0.15) is 0 Å². The molecule has 88 valence electrons. The number of hydrogen-bond acceptors (Lipinski definition) is 1. The van der Waals surface area contributed by atoms with Crippen molar-refractivity contribution in [3.05, 3.63) is 54.0 Å². The van der Waals surface area contributed by atoms with Crippen LogP contribution in [0, 0.1) is 5.82 Å². The highest BCUT2D eigenvalue weighted by atomic mass is 19.1. The van der Waals surface area contributed by atoms with Gasteiger partial charge in [-0.05, 0) is 48.7 Å². The minimum absolute atomic E-state index is 0.171. The lowest BCUT2D eigenvalue weighted by molar-refractivity contribution is 0.624. The van der Waals surface area contributed by atoms with E-state index in [-0.39, 0.29) is 5.82 Å². The first-order chi connectivity index (χ1) is 8.31. The molecule has 0 saturated carbocycles. The van der Waals surface area contributed by atoms with E-state index in [1.165, 1.54) is 6.07 Å². The molecule has 0 radical (unpaired) electrons. The Morgan fingerprint density at radius 3 is 2.76 bits per heavy atom. The van der Waals surface area contributed by atoms with Crippen LogP contribution in [-0.4, -0.2) is 4.98 Å². The minimum atomic E-state index is -0.171. The minimum Gasteiger partial charge on any atom is -0.256 e. The lowest BCUT2D eigenvalue weighted by Crippen LogP contribution is -1.93. The van der Waals surface area contributed by atoms with E-state index < -0.39 is 0 Å². The van der Waals surface area contributed by atoms with Gasteiger partial charge in [-0.25, -0.2) is 4.39 Å². The number of unbranched alkanes of at least 4 members (excludes halogenated alkanes) is 1. The van der Waals surface area contributed by atoms with Crippen LogP contribution in [0.2, 0.25) is 0 Å². The van der Waals surface area contributed by atoms with E-state index in [4.69, 9.17) is 0 Å². The maximum atomic E-state index is 13.3. The summed E-state index contributed by atoms with van der Waals surface area (Å²) in [7, 11) is 0. The van der Waals surface area contributed by atoms with Crippen LogP contribution < -0.4 is 0 Å². The summed E-state index contributed by atoms with van der Waals surface area (Å²) >= 11 is 0. The standard InChI is InChI=1S/C15H16FN/c1-2-3-6-12-11-13(16)8-9-14(12)15-7-4-5-10-17-15/h4-5,7-11H,2-3,6H2,1H3. The molecule has 1 aromatic carbocycles. The molecule has 1 aromatic heterocycles. The van der Waals surface area contributed by atoms with E-state index in [9.17, 15) is 4.39 Å². The summed E-state index contributed by atoms with van der Waals surface area (Å²) in [6.45, 7) is 2.14. The number of nitrogens with zero attached hydrogens (tertiary/aromatic N) is 1. The summed E-state index contributed by atoms with van der Waals surface area (Å²) in [5, 5.41) is 0. The summed E-state index contributed by atoms with van der Waals surface area (Å²) in [6.07, 6.45) is 4.85. The normalized spacial score (nSPS) is 10.5. The van der Waals surface area contributed by atoms with Crippen molar-refractivity contribution in [1.29, 1.82) is 0 Å². The second-order valence-corrected chi connectivity index (χ2v) is 4.12. The zero-order valence-electron chi connectivity index (χ0n) is 9.99. The van der Waals surface area contributed by atoms with Crippen LogP contribution in [0.25, 0.3) is 11.3 Å². The lowest BCUT2D eigenvalue weighted by atomic mass is 9.99. The van der Waals surface area contributed by atoms with E-state index >= 15 is 0 Å². The molecular formula is C15H16FN. The zero-order valence-corrected chi connectivity index (χ0v) is 9.99. The molecule has 0 aliphatic heterocycles. The third-order valence-corrected chi connectivity index (χ3v) is 2.81. The highest BCUT2D eigenvalue weighted by Gasteiger charge is 2.06. The van der Waals surface area contributed by atoms with Gasteiger partial charge in [0.25, 0.3) is 0 Å². The number of hydrogen-bond donors (Lipinski definition) is 0. The SMILES string of the molecule is CCCCc1cc(F)ccc1-c1ccccn1. The highest BCUT2D eigenvalue weighted by molar-refractivity contribution is 5.63. The van der Waals surface area contributed by atoms with Crippen LogP contribution in [0.1, 0.15) is 25.3 Å². The zero-order chi connectivity index (χ0) is 12.1. The average molecular weight is 229 g/mol. The first-order valence-corrected chi connectivity index (χ1v) is 6.01. The van der Waals surface area contributed by atoms with Crippen LogP contribution in [0.5, 0.6) is 0 Å². The molecule has 0 N–H and O–H groups in total. The molecule has 0 spiro atoms. The summed E-state index contributed by atoms with van der Waals surface area (Å²) < 4.78 is 13.3. The van der Waals surface area contributed by atoms with Crippen LogP contribution in [0.3, 0.4) is 0 Å². The Morgan fingerprint density at radius 2 is 2.06 bits per heavy atom. The van der Waals surface area contributed by atoms with Crippen molar-refractivity contribution in [3.8, 4) is 11.3 Å². The topological polar surface area (TPSA) is 12.9 Å². The first kappa shape index (κ1) is 11.8. The Hall–Kier alpha value is -1.70. The van der Waals surface area contributed by atoms with E-state index in [0.29, 0.717) is 0 Å². The molecule has 0 amide bonds. The summed E-state index contributed by atoms with van der Waals surface area (Å²) in [5.41, 5.74) is 3.00. The van der Waals surface area contributed by atoms with Gasteiger partial charge in [0.05, 0.1) is 5.69 Å². The first-order valence-electron chi connectivity index (χ1n) is 6.01. The molecule has 0 bridgehead atoms. The summed E-state index contributed by atoms with van der Waals surface area (Å²) in [4.78, 5) is 4.32. The van der Waals surface area contributed by atoms with Crippen molar-refractivity contribution in [3.63, 3.8) is 0 Å². The molecule has 0 saturated heterocycles. The Bertz CT molecular complexity index is 480. The smallest absolute Gasteiger partial charge is 0.123 e. The molecule has 0 unspecified atom stereocenters. The second kappa shape index (κ2) is 5.58. The Morgan fingerprint density at radius 1 is 1.18 bits per heavy atom. The van der Waals surface area contributed by atoms with Crippen LogP contribution >= 0.6 is 0 Å². The van der Waals surface area contributed by atoms with Crippen LogP contribution in [-0.2, 0) is 6.42 Å². The molecule has 0 atom stereocenters. The molecule has 1 heterocycles. The third-order valence-electron chi connectivity index (χ3n) is 2.81. The van der Waals surface area contributed by atoms with Gasteiger partial charge < -0.3 is 0 Å². The molecule has 2 rings (SSSR count). The fraction of sp³-hybridized carbons (Fsp3) is 0.267. The highest BCUT2D eigenvalue weighted by Crippen LogP contribution is 2.24.